The summed E-state index contributed by atoms with van der Waals surface area (Å²) in [6.45, 7) is 3.98. The molecule has 1 saturated heterocycles. The lowest BCUT2D eigenvalue weighted by atomic mass is 9.79. The van der Waals surface area contributed by atoms with Crippen LogP contribution in [-0.4, -0.2) is 64.4 Å². The molecule has 4 atom stereocenters. The van der Waals surface area contributed by atoms with Gasteiger partial charge in [0.25, 0.3) is 5.91 Å². The van der Waals surface area contributed by atoms with E-state index in [2.05, 4.69) is 15.4 Å². The fourth-order valence-electron chi connectivity index (χ4n) is 5.43. The average molecular weight is 585 g/mol. The van der Waals surface area contributed by atoms with Crippen LogP contribution in [-0.2, 0) is 10.2 Å². The quantitative estimate of drug-likeness (QED) is 0.263. The van der Waals surface area contributed by atoms with Crippen LogP contribution in [0.4, 0.5) is 23.2 Å². The van der Waals surface area contributed by atoms with Crippen LogP contribution in [0, 0.1) is 5.41 Å². The number of benzene rings is 2. The molecule has 2 amide bonds. The molecule has 4 N–H and O–H groups in total. The number of anilines is 1. The number of halogens is 5. The van der Waals surface area contributed by atoms with E-state index in [1.807, 2.05) is 0 Å². The monoisotopic (exact) mass is 584 g/mol. The summed E-state index contributed by atoms with van der Waals surface area (Å²) in [5.74, 6) is -1.82. The van der Waals surface area contributed by atoms with Crippen LogP contribution in [0.15, 0.2) is 42.5 Å². The van der Waals surface area contributed by atoms with E-state index in [-0.39, 0.29) is 36.6 Å². The van der Waals surface area contributed by atoms with Crippen molar-refractivity contribution in [1.82, 2.24) is 10.2 Å². The summed E-state index contributed by atoms with van der Waals surface area (Å²) in [5, 5.41) is 25.7. The Kier molecular flexibility index (Phi) is 7.91. The standard InChI is InChI=1S/C27H29ClF4N4O4/c1-14(33)21-12-26(18-10-16(28)7-8-19(18)35-24(26)39)13-36(21)23(38)20(11-25(2,3)29)34-22(37)15-5-4-6-17(9-15)40-27(30,31)32/h4-10,20-21,23,33,38H,11-13H2,1-3H3,(H,34,37)(H,35,39)/t20-,21-,23?,26-/m0/s1. The molecule has 13 heteroatoms. The van der Waals surface area contributed by atoms with Gasteiger partial charge in [-0.05, 0) is 69.2 Å². The Morgan fingerprint density at radius 2 is 1.98 bits per heavy atom. The molecule has 0 bridgehead atoms. The number of carbonyl (C=O) groups is 2. The zero-order valence-electron chi connectivity index (χ0n) is 21.9. The van der Waals surface area contributed by atoms with E-state index in [0.717, 1.165) is 12.1 Å². The minimum atomic E-state index is -4.97. The van der Waals surface area contributed by atoms with Crippen LogP contribution >= 0.6 is 11.6 Å². The Morgan fingerprint density at radius 1 is 1.27 bits per heavy atom. The van der Waals surface area contributed by atoms with Crippen LogP contribution in [0.3, 0.4) is 0 Å². The lowest BCUT2D eigenvalue weighted by molar-refractivity contribution is -0.274. The molecule has 2 aliphatic heterocycles. The van der Waals surface area contributed by atoms with Crippen molar-refractivity contribution in [2.75, 3.05) is 11.9 Å². The van der Waals surface area contributed by atoms with E-state index in [0.29, 0.717) is 16.3 Å². The van der Waals surface area contributed by atoms with Gasteiger partial charge in [0.1, 0.15) is 17.6 Å². The highest BCUT2D eigenvalue weighted by Crippen LogP contribution is 2.48. The number of ether oxygens (including phenoxy) is 1. The lowest BCUT2D eigenvalue weighted by Gasteiger charge is -2.36. The highest BCUT2D eigenvalue weighted by Gasteiger charge is 2.57. The molecule has 0 radical (unpaired) electrons. The first kappa shape index (κ1) is 29.8. The number of aliphatic hydroxyl groups excluding tert-OH is 1. The Morgan fingerprint density at radius 3 is 2.60 bits per heavy atom. The molecule has 1 fully saturated rings. The van der Waals surface area contributed by atoms with Gasteiger partial charge in [-0.1, -0.05) is 17.7 Å². The van der Waals surface area contributed by atoms with E-state index in [9.17, 15) is 32.3 Å². The predicted molar refractivity (Wildman–Crippen MR) is 140 cm³/mol. The Bertz CT molecular complexity index is 1330. The molecule has 2 heterocycles. The maximum absolute atomic E-state index is 14.9. The number of hydrogen-bond donors (Lipinski definition) is 4. The third-order valence-corrected chi connectivity index (χ3v) is 7.36. The molecule has 2 aromatic rings. The van der Waals surface area contributed by atoms with Crippen molar-refractivity contribution in [1.29, 1.82) is 5.41 Å². The second-order valence-electron chi connectivity index (χ2n) is 10.8. The SMILES string of the molecule is CC(=N)[C@@H]1C[C@@]2(CN1C(O)[C@H](CC(C)(C)F)NC(=O)c1cccc(OC(F)(F)F)c1)C(=O)Nc1ccc(Cl)cc12. The molecule has 0 saturated carbocycles. The maximum Gasteiger partial charge on any atom is 0.573 e. The van der Waals surface area contributed by atoms with Crippen molar-refractivity contribution in [3.8, 4) is 5.75 Å². The summed E-state index contributed by atoms with van der Waals surface area (Å²) < 4.78 is 56.8. The topological polar surface area (TPSA) is 115 Å². The van der Waals surface area contributed by atoms with E-state index in [4.69, 9.17) is 17.0 Å². The summed E-state index contributed by atoms with van der Waals surface area (Å²) in [5.41, 5.74) is -1.93. The summed E-state index contributed by atoms with van der Waals surface area (Å²) in [4.78, 5) is 27.8. The molecule has 40 heavy (non-hydrogen) atoms. The normalized spacial score (nSPS) is 22.5. The lowest BCUT2D eigenvalue weighted by Crippen LogP contribution is -2.56. The fraction of sp³-hybridized carbons (Fsp3) is 0.444. The zero-order valence-corrected chi connectivity index (χ0v) is 22.7. The van der Waals surface area contributed by atoms with Gasteiger partial charge in [0.2, 0.25) is 5.91 Å². The molecule has 1 spiro atoms. The van der Waals surface area contributed by atoms with E-state index >= 15 is 0 Å². The molecule has 8 nitrogen and oxygen atoms in total. The average Bonchev–Trinajstić information content (AvgIpc) is 3.36. The highest BCUT2D eigenvalue weighted by molar-refractivity contribution is 6.31. The number of nitrogens with zero attached hydrogens (tertiary/aromatic N) is 1. The van der Waals surface area contributed by atoms with Gasteiger partial charge in [0.05, 0.1) is 17.5 Å². The molecular weight excluding hydrogens is 556 g/mol. The Balaban J connectivity index is 1.64. The summed E-state index contributed by atoms with van der Waals surface area (Å²) in [6, 6.07) is 7.30. The van der Waals surface area contributed by atoms with Crippen molar-refractivity contribution in [3.63, 3.8) is 0 Å². The minimum Gasteiger partial charge on any atom is -0.406 e. The summed E-state index contributed by atoms with van der Waals surface area (Å²) in [6.07, 6.45) is -6.77. The second-order valence-corrected chi connectivity index (χ2v) is 11.2. The van der Waals surface area contributed by atoms with Gasteiger partial charge in [-0.2, -0.15) is 0 Å². The molecule has 2 aromatic carbocycles. The number of rotatable bonds is 8. The van der Waals surface area contributed by atoms with Crippen LogP contribution in [0.2, 0.25) is 5.02 Å². The molecule has 0 aromatic heterocycles. The number of nitrogens with one attached hydrogen (secondary N) is 3. The summed E-state index contributed by atoms with van der Waals surface area (Å²) >= 11 is 6.21. The molecule has 0 aliphatic carbocycles. The Hall–Kier alpha value is -3.22. The minimum absolute atomic E-state index is 0.0534. The van der Waals surface area contributed by atoms with Crippen LogP contribution in [0.1, 0.15) is 49.5 Å². The predicted octanol–water partition coefficient (Wildman–Crippen LogP) is 4.80. The molecule has 1 unspecified atom stereocenters. The zero-order chi connectivity index (χ0) is 29.6. The number of hydrogen-bond acceptors (Lipinski definition) is 6. The number of amides is 2. The first-order valence-electron chi connectivity index (χ1n) is 12.4. The molecule has 2 aliphatic rings. The van der Waals surface area contributed by atoms with E-state index in [1.54, 1.807) is 18.2 Å². The third kappa shape index (κ3) is 6.24. The van der Waals surface area contributed by atoms with Gasteiger partial charge < -0.3 is 25.9 Å². The van der Waals surface area contributed by atoms with Crippen molar-refractivity contribution in [3.05, 3.63) is 58.6 Å². The van der Waals surface area contributed by atoms with Crippen LogP contribution in [0.25, 0.3) is 0 Å². The third-order valence-electron chi connectivity index (χ3n) is 7.13. The molecular formula is C27H29ClF4N4O4. The maximum atomic E-state index is 14.9. The highest BCUT2D eigenvalue weighted by atomic mass is 35.5. The van der Waals surface area contributed by atoms with Crippen LogP contribution in [0.5, 0.6) is 5.75 Å². The molecule has 4 rings (SSSR count). The number of fused-ring (bicyclic) bond motifs is 2. The van der Waals surface area contributed by atoms with Crippen molar-refractivity contribution >= 4 is 34.8 Å². The van der Waals surface area contributed by atoms with Gasteiger partial charge in [-0.3, -0.25) is 14.5 Å². The van der Waals surface area contributed by atoms with Gasteiger partial charge in [0.15, 0.2) is 0 Å². The van der Waals surface area contributed by atoms with Crippen molar-refractivity contribution < 1.29 is 37.0 Å². The van der Waals surface area contributed by atoms with Crippen molar-refractivity contribution in [2.24, 2.45) is 0 Å². The van der Waals surface area contributed by atoms with Gasteiger partial charge in [-0.15, -0.1) is 13.2 Å². The Labute approximate surface area is 233 Å². The fourth-order valence-corrected chi connectivity index (χ4v) is 5.60. The second kappa shape index (κ2) is 10.6. The van der Waals surface area contributed by atoms with E-state index in [1.165, 1.54) is 37.8 Å². The van der Waals surface area contributed by atoms with Crippen molar-refractivity contribution in [2.45, 2.75) is 69.4 Å². The van der Waals surface area contributed by atoms with Crippen LogP contribution < -0.4 is 15.4 Å². The van der Waals surface area contributed by atoms with Gasteiger partial charge >= 0.3 is 6.36 Å². The molecule has 216 valence electrons. The number of aliphatic hydroxyl groups is 1. The van der Waals surface area contributed by atoms with E-state index < -0.39 is 47.4 Å². The number of carbonyl (C=O) groups excluding carboxylic acids is 2. The van der Waals surface area contributed by atoms with Gasteiger partial charge in [-0.25, -0.2) is 4.39 Å². The number of likely N-dealkylation sites (tertiary alicyclic amines) is 1. The first-order valence-corrected chi connectivity index (χ1v) is 12.8. The smallest absolute Gasteiger partial charge is 0.406 e. The van der Waals surface area contributed by atoms with Gasteiger partial charge in [0, 0.05) is 35.0 Å². The number of alkyl halides is 4. The summed E-state index contributed by atoms with van der Waals surface area (Å²) in [7, 11) is 0. The first-order chi connectivity index (χ1) is 18.5. The largest absolute Gasteiger partial charge is 0.573 e.